The van der Waals surface area contributed by atoms with E-state index in [0.717, 1.165) is 37.0 Å². The minimum atomic E-state index is -0.221. The lowest BCUT2D eigenvalue weighted by molar-refractivity contribution is 0.168. The van der Waals surface area contributed by atoms with Crippen LogP contribution in [0.3, 0.4) is 0 Å². The van der Waals surface area contributed by atoms with E-state index >= 15 is 0 Å². The molecule has 0 aliphatic heterocycles. The Bertz CT molecular complexity index is 355. The van der Waals surface area contributed by atoms with Crippen LogP contribution in [0.15, 0.2) is 36.5 Å². The van der Waals surface area contributed by atoms with E-state index in [-0.39, 0.29) is 6.10 Å². The molecule has 0 radical (unpaired) electrons. The Morgan fingerprint density at radius 1 is 0.870 bits per heavy atom. The van der Waals surface area contributed by atoms with Gasteiger partial charge < -0.3 is 5.11 Å². The molecule has 0 amide bonds. The summed E-state index contributed by atoms with van der Waals surface area (Å²) in [6, 6.07) is 0. The van der Waals surface area contributed by atoms with Crippen molar-refractivity contribution in [3.05, 3.63) is 36.5 Å². The summed E-state index contributed by atoms with van der Waals surface area (Å²) in [5.41, 5.74) is 0. The second-order valence-electron chi connectivity index (χ2n) is 6.20. The van der Waals surface area contributed by atoms with Crippen LogP contribution >= 0.6 is 12.2 Å². The monoisotopic (exact) mass is 336 g/mol. The van der Waals surface area contributed by atoms with E-state index in [4.69, 9.17) is 12.2 Å². The highest BCUT2D eigenvalue weighted by molar-refractivity contribution is 7.80. The van der Waals surface area contributed by atoms with E-state index in [2.05, 4.69) is 43.4 Å². The maximum atomic E-state index is 9.72. The van der Waals surface area contributed by atoms with Gasteiger partial charge in [-0.25, -0.2) is 0 Å². The zero-order chi connectivity index (χ0) is 17.2. The van der Waals surface area contributed by atoms with Crippen molar-refractivity contribution in [2.75, 3.05) is 0 Å². The van der Waals surface area contributed by atoms with Gasteiger partial charge in [0.05, 0.1) is 6.10 Å². The lowest BCUT2D eigenvalue weighted by Gasteiger charge is -2.08. The largest absolute Gasteiger partial charge is 0.393 e. The molecule has 0 aromatic carbocycles. The van der Waals surface area contributed by atoms with Crippen LogP contribution in [-0.4, -0.2) is 16.1 Å². The Hall–Kier alpha value is -0.730. The number of aliphatic hydroxyl groups excluding tert-OH is 1. The predicted molar refractivity (Wildman–Crippen MR) is 108 cm³/mol. The molecule has 0 fully saturated rings. The second-order valence-corrected chi connectivity index (χ2v) is 6.90. The standard InChI is InChI=1S/C21H36OS/c1-3-4-5-6-7-8-9-10-11-12-13-14-15-16-17-18-21(22)19-20(2)23/h4-5,7-8,10-11,21-22H,3,6,9,12-19H2,1-2H3/b5-4-,8-7-,11-10-. The van der Waals surface area contributed by atoms with Gasteiger partial charge in [0.25, 0.3) is 0 Å². The quantitative estimate of drug-likeness (QED) is 0.203. The first-order valence-electron chi connectivity index (χ1n) is 9.29. The van der Waals surface area contributed by atoms with E-state index in [1.165, 1.54) is 32.1 Å². The Labute approximate surface area is 149 Å². The molecular weight excluding hydrogens is 300 g/mol. The van der Waals surface area contributed by atoms with Crippen molar-refractivity contribution < 1.29 is 5.11 Å². The van der Waals surface area contributed by atoms with Crippen molar-refractivity contribution in [1.29, 1.82) is 0 Å². The zero-order valence-electron chi connectivity index (χ0n) is 15.2. The minimum Gasteiger partial charge on any atom is -0.393 e. The van der Waals surface area contributed by atoms with Crippen molar-refractivity contribution in [1.82, 2.24) is 0 Å². The average Bonchev–Trinajstić information content (AvgIpc) is 2.50. The number of hydrogen-bond acceptors (Lipinski definition) is 2. The van der Waals surface area contributed by atoms with Crippen molar-refractivity contribution in [2.24, 2.45) is 0 Å². The van der Waals surface area contributed by atoms with Gasteiger partial charge in [-0.15, -0.1) is 0 Å². The van der Waals surface area contributed by atoms with Crippen LogP contribution in [0.4, 0.5) is 0 Å². The van der Waals surface area contributed by atoms with Crippen molar-refractivity contribution in [2.45, 2.75) is 90.6 Å². The fraction of sp³-hybridized carbons (Fsp3) is 0.667. The van der Waals surface area contributed by atoms with Gasteiger partial charge in [-0.3, -0.25) is 0 Å². The normalized spacial score (nSPS) is 13.5. The van der Waals surface area contributed by atoms with Crippen molar-refractivity contribution in [3.63, 3.8) is 0 Å². The first-order chi connectivity index (χ1) is 11.2. The summed E-state index contributed by atoms with van der Waals surface area (Å²) < 4.78 is 0. The molecule has 0 spiro atoms. The van der Waals surface area contributed by atoms with Gasteiger partial charge in [-0.2, -0.15) is 0 Å². The summed E-state index contributed by atoms with van der Waals surface area (Å²) in [6.45, 7) is 4.07. The predicted octanol–water partition coefficient (Wildman–Crippen LogP) is 6.72. The van der Waals surface area contributed by atoms with E-state index in [1.807, 2.05) is 6.92 Å². The lowest BCUT2D eigenvalue weighted by atomic mass is 10.0. The van der Waals surface area contributed by atoms with Crippen LogP contribution in [0.2, 0.25) is 0 Å². The molecule has 1 nitrogen and oxygen atoms in total. The molecule has 1 N–H and O–H groups in total. The van der Waals surface area contributed by atoms with Gasteiger partial charge in [0.15, 0.2) is 0 Å². The molecule has 0 aliphatic rings. The summed E-state index contributed by atoms with van der Waals surface area (Å²) >= 11 is 5.01. The summed E-state index contributed by atoms with van der Waals surface area (Å²) in [7, 11) is 0. The van der Waals surface area contributed by atoms with Crippen LogP contribution in [0.25, 0.3) is 0 Å². The molecule has 23 heavy (non-hydrogen) atoms. The number of aliphatic hydroxyl groups is 1. The Morgan fingerprint density at radius 3 is 2.09 bits per heavy atom. The van der Waals surface area contributed by atoms with E-state index in [9.17, 15) is 5.11 Å². The van der Waals surface area contributed by atoms with Gasteiger partial charge >= 0.3 is 0 Å². The minimum absolute atomic E-state index is 0.221. The molecule has 1 unspecified atom stereocenters. The van der Waals surface area contributed by atoms with E-state index < -0.39 is 0 Å². The molecule has 0 aliphatic carbocycles. The highest BCUT2D eigenvalue weighted by atomic mass is 32.1. The van der Waals surface area contributed by atoms with Gasteiger partial charge in [0, 0.05) is 6.42 Å². The number of hydrogen-bond donors (Lipinski definition) is 1. The number of rotatable bonds is 15. The van der Waals surface area contributed by atoms with Crippen LogP contribution in [0.1, 0.15) is 84.5 Å². The summed E-state index contributed by atoms with van der Waals surface area (Å²) in [4.78, 5) is 0.913. The molecule has 0 saturated heterocycles. The molecule has 0 heterocycles. The zero-order valence-corrected chi connectivity index (χ0v) is 16.0. The third-order valence-corrected chi connectivity index (χ3v) is 3.88. The molecular formula is C21H36OS. The Balaban J connectivity index is 3.31. The summed E-state index contributed by atoms with van der Waals surface area (Å²) in [6.07, 6.45) is 25.5. The average molecular weight is 337 g/mol. The lowest BCUT2D eigenvalue weighted by Crippen LogP contribution is -2.09. The van der Waals surface area contributed by atoms with Crippen LogP contribution in [0.5, 0.6) is 0 Å². The molecule has 0 aromatic heterocycles. The number of unbranched alkanes of at least 4 members (excludes halogenated alkanes) is 5. The third-order valence-electron chi connectivity index (χ3n) is 3.71. The fourth-order valence-corrected chi connectivity index (χ4v) is 2.63. The topological polar surface area (TPSA) is 20.2 Å². The molecule has 0 aromatic rings. The maximum absolute atomic E-state index is 9.72. The van der Waals surface area contributed by atoms with Gasteiger partial charge in [0.1, 0.15) is 0 Å². The molecule has 2 heteroatoms. The Kier molecular flexibility index (Phi) is 17.1. The second kappa shape index (κ2) is 17.6. The van der Waals surface area contributed by atoms with Gasteiger partial charge in [0.2, 0.25) is 0 Å². The third kappa shape index (κ3) is 19.2. The van der Waals surface area contributed by atoms with Crippen LogP contribution in [-0.2, 0) is 0 Å². The van der Waals surface area contributed by atoms with Crippen molar-refractivity contribution >= 4 is 17.1 Å². The molecule has 1 atom stereocenters. The SMILES string of the molecule is CC/C=C\C/C=C\C/C=C\CCCCCCCC(O)CC(C)=S. The van der Waals surface area contributed by atoms with Gasteiger partial charge in [-0.1, -0.05) is 81.3 Å². The Morgan fingerprint density at radius 2 is 1.43 bits per heavy atom. The highest BCUT2D eigenvalue weighted by Gasteiger charge is 2.04. The van der Waals surface area contributed by atoms with Crippen LogP contribution in [0, 0.1) is 0 Å². The van der Waals surface area contributed by atoms with E-state index in [1.54, 1.807) is 0 Å². The number of thiocarbonyl (C=S) groups is 1. The smallest absolute Gasteiger partial charge is 0.0585 e. The van der Waals surface area contributed by atoms with E-state index in [0.29, 0.717) is 6.42 Å². The summed E-state index contributed by atoms with van der Waals surface area (Å²) in [5, 5.41) is 9.72. The van der Waals surface area contributed by atoms with Gasteiger partial charge in [-0.05, 0) is 50.3 Å². The highest BCUT2D eigenvalue weighted by Crippen LogP contribution is 2.11. The van der Waals surface area contributed by atoms with Crippen LogP contribution < -0.4 is 0 Å². The maximum Gasteiger partial charge on any atom is 0.0585 e. The molecule has 0 saturated carbocycles. The molecule has 0 rings (SSSR count). The summed E-state index contributed by atoms with van der Waals surface area (Å²) in [5.74, 6) is 0. The van der Waals surface area contributed by atoms with Crippen molar-refractivity contribution in [3.8, 4) is 0 Å². The molecule has 0 bridgehead atoms. The first-order valence-corrected chi connectivity index (χ1v) is 9.70. The first kappa shape index (κ1) is 22.3. The number of allylic oxidation sites excluding steroid dienone is 6. The molecule has 132 valence electrons. The fourth-order valence-electron chi connectivity index (χ4n) is 2.43.